The molecule has 6 heteroatoms. The zero-order valence-corrected chi connectivity index (χ0v) is 20.2. The summed E-state index contributed by atoms with van der Waals surface area (Å²) >= 11 is 4.69. The summed E-state index contributed by atoms with van der Waals surface area (Å²) in [6.07, 6.45) is 0. The topological polar surface area (TPSA) is 56.3 Å². The van der Waals surface area contributed by atoms with Crippen molar-refractivity contribution in [3.05, 3.63) is 99.3 Å². The Morgan fingerprint density at radius 2 is 1.72 bits per heavy atom. The fourth-order valence-electron chi connectivity index (χ4n) is 3.63. The van der Waals surface area contributed by atoms with Gasteiger partial charge in [0.2, 0.25) is 0 Å². The van der Waals surface area contributed by atoms with E-state index in [2.05, 4.69) is 20.9 Å². The zero-order valence-electron chi connectivity index (χ0n) is 17.8. The maximum absolute atomic E-state index is 13.1. The zero-order chi connectivity index (χ0) is 22.7. The Balaban J connectivity index is 1.94. The Kier molecular flexibility index (Phi) is 6.72. The molecule has 0 saturated carbocycles. The van der Waals surface area contributed by atoms with E-state index >= 15 is 0 Å². The molecule has 1 aromatic heterocycles. The first-order valence-corrected chi connectivity index (χ1v) is 11.9. The Morgan fingerprint density at radius 3 is 2.38 bits per heavy atom. The number of rotatable bonds is 6. The summed E-state index contributed by atoms with van der Waals surface area (Å²) in [5, 5.41) is 11.5. The third kappa shape index (κ3) is 4.61. The molecule has 0 radical (unpaired) electrons. The van der Waals surface area contributed by atoms with Gasteiger partial charge in [-0.3, -0.25) is 4.79 Å². The van der Waals surface area contributed by atoms with Crippen LogP contribution in [0.25, 0.3) is 11.3 Å². The van der Waals surface area contributed by atoms with E-state index in [0.29, 0.717) is 17.9 Å². The second-order valence-electron chi connectivity index (χ2n) is 7.36. The molecule has 0 atom stereocenters. The van der Waals surface area contributed by atoms with Gasteiger partial charge in [0.25, 0.3) is 5.56 Å². The van der Waals surface area contributed by atoms with Crippen LogP contribution in [-0.4, -0.2) is 16.6 Å². The van der Waals surface area contributed by atoms with Gasteiger partial charge in [-0.15, -0.1) is 0 Å². The quantitative estimate of drug-likeness (QED) is 0.292. The summed E-state index contributed by atoms with van der Waals surface area (Å²) in [5.41, 5.74) is 3.73. The average molecular weight is 507 g/mol. The van der Waals surface area contributed by atoms with Gasteiger partial charge in [-0.1, -0.05) is 69.7 Å². The third-order valence-electron chi connectivity index (χ3n) is 5.12. The second kappa shape index (κ2) is 9.67. The van der Waals surface area contributed by atoms with Gasteiger partial charge in [0.1, 0.15) is 10.6 Å². The van der Waals surface area contributed by atoms with E-state index in [1.165, 1.54) is 11.8 Å². The number of anilines is 2. The lowest BCUT2D eigenvalue weighted by molar-refractivity contribution is 0.460. The molecule has 0 unspecified atom stereocenters. The molecule has 4 rings (SSSR count). The van der Waals surface area contributed by atoms with E-state index in [0.717, 1.165) is 26.2 Å². The van der Waals surface area contributed by atoms with Gasteiger partial charge >= 0.3 is 0 Å². The number of pyridine rings is 1. The number of benzene rings is 3. The number of hydrogen-bond acceptors (Lipinski definition) is 4. The fraction of sp³-hybridized carbons (Fsp3) is 0.115. The maximum atomic E-state index is 13.1. The van der Waals surface area contributed by atoms with Crippen LogP contribution in [0.15, 0.2) is 97.9 Å². The monoisotopic (exact) mass is 506 g/mol. The summed E-state index contributed by atoms with van der Waals surface area (Å²) in [6, 6.07) is 25.4. The third-order valence-corrected chi connectivity index (χ3v) is 6.73. The van der Waals surface area contributed by atoms with E-state index in [-0.39, 0.29) is 16.2 Å². The molecule has 0 saturated heterocycles. The van der Waals surface area contributed by atoms with Gasteiger partial charge in [0.05, 0.1) is 5.69 Å². The minimum absolute atomic E-state index is 0.0242. The first-order valence-electron chi connectivity index (χ1n) is 10.3. The predicted octanol–water partition coefficient (Wildman–Crippen LogP) is 7.13. The van der Waals surface area contributed by atoms with Gasteiger partial charge in [-0.05, 0) is 56.3 Å². The van der Waals surface area contributed by atoms with Crippen molar-refractivity contribution >= 4 is 39.1 Å². The molecule has 32 heavy (non-hydrogen) atoms. The summed E-state index contributed by atoms with van der Waals surface area (Å²) in [6.45, 7) is 4.65. The van der Waals surface area contributed by atoms with E-state index in [4.69, 9.17) is 0 Å². The van der Waals surface area contributed by atoms with Crippen LogP contribution < -0.4 is 10.5 Å². The predicted molar refractivity (Wildman–Crippen MR) is 136 cm³/mol. The van der Waals surface area contributed by atoms with Crippen molar-refractivity contribution in [2.24, 2.45) is 0 Å². The molecule has 4 aromatic rings. The summed E-state index contributed by atoms with van der Waals surface area (Å²) in [4.78, 5) is 19.3. The number of halogens is 1. The van der Waals surface area contributed by atoms with Crippen molar-refractivity contribution in [2.75, 3.05) is 11.4 Å². The van der Waals surface area contributed by atoms with Gasteiger partial charge in [-0.25, -0.2) is 0 Å². The highest BCUT2D eigenvalue weighted by atomic mass is 79.9. The van der Waals surface area contributed by atoms with E-state index in [1.54, 1.807) is 0 Å². The lowest BCUT2D eigenvalue weighted by Crippen LogP contribution is -2.21. The number of H-pyrrole nitrogens is 1. The first-order chi connectivity index (χ1) is 15.5. The van der Waals surface area contributed by atoms with Crippen molar-refractivity contribution in [3.8, 4) is 17.0 Å². The van der Waals surface area contributed by atoms with E-state index < -0.39 is 0 Å². The highest BCUT2D eigenvalue weighted by molar-refractivity contribution is 9.10. The minimum Gasteiger partial charge on any atom is -0.504 e. The molecule has 0 amide bonds. The maximum Gasteiger partial charge on any atom is 0.266 e. The average Bonchev–Trinajstić information content (AvgIpc) is 2.80. The molecule has 0 aliphatic heterocycles. The largest absolute Gasteiger partial charge is 0.504 e. The van der Waals surface area contributed by atoms with Crippen molar-refractivity contribution < 1.29 is 5.11 Å². The summed E-state index contributed by atoms with van der Waals surface area (Å²) < 4.78 is 0.955. The molecule has 0 bridgehead atoms. The van der Waals surface area contributed by atoms with Crippen LogP contribution in [-0.2, 0) is 0 Å². The highest BCUT2D eigenvalue weighted by Gasteiger charge is 2.24. The molecule has 4 nitrogen and oxygen atoms in total. The minimum atomic E-state index is -0.320. The first kappa shape index (κ1) is 22.2. The molecular weight excluding hydrogens is 484 g/mol. The Morgan fingerprint density at radius 1 is 1.00 bits per heavy atom. The number of nitrogens with zero attached hydrogens (tertiary/aromatic N) is 1. The van der Waals surface area contributed by atoms with Crippen LogP contribution in [0.1, 0.15) is 12.5 Å². The van der Waals surface area contributed by atoms with Crippen LogP contribution in [0.3, 0.4) is 0 Å². The van der Waals surface area contributed by atoms with Crippen LogP contribution in [0.5, 0.6) is 5.75 Å². The van der Waals surface area contributed by atoms with Crippen molar-refractivity contribution in [1.29, 1.82) is 0 Å². The Bertz CT molecular complexity index is 1290. The standard InChI is InChI=1S/C26H23BrN2O2S/c1-3-29(20-10-5-4-6-11-20)23-22(18-9-7-8-17(2)16-18)28-26(31)25(24(23)30)32-21-14-12-19(27)13-15-21/h4-16H,3H2,1-2H3,(H2,28,30,31). The van der Waals surface area contributed by atoms with E-state index in [9.17, 15) is 9.90 Å². The van der Waals surface area contributed by atoms with Crippen LogP contribution >= 0.6 is 27.7 Å². The van der Waals surface area contributed by atoms with Crippen LogP contribution in [0.4, 0.5) is 11.4 Å². The molecule has 3 aromatic carbocycles. The lowest BCUT2D eigenvalue weighted by atomic mass is 10.1. The number of nitrogens with one attached hydrogen (secondary N) is 1. The smallest absolute Gasteiger partial charge is 0.266 e. The van der Waals surface area contributed by atoms with Crippen LogP contribution in [0, 0.1) is 6.92 Å². The fourth-order valence-corrected chi connectivity index (χ4v) is 4.74. The van der Waals surface area contributed by atoms with E-state index in [1.807, 2.05) is 97.6 Å². The number of aromatic amines is 1. The van der Waals surface area contributed by atoms with Gasteiger partial charge in [-0.2, -0.15) is 0 Å². The summed E-state index contributed by atoms with van der Waals surface area (Å²) in [7, 11) is 0. The van der Waals surface area contributed by atoms with Crippen LogP contribution in [0.2, 0.25) is 0 Å². The van der Waals surface area contributed by atoms with Crippen molar-refractivity contribution in [2.45, 2.75) is 23.6 Å². The lowest BCUT2D eigenvalue weighted by Gasteiger charge is -2.27. The summed E-state index contributed by atoms with van der Waals surface area (Å²) in [5.74, 6) is -0.0242. The molecule has 0 spiro atoms. The normalized spacial score (nSPS) is 10.8. The SMILES string of the molecule is CCN(c1ccccc1)c1c(-c2cccc(C)c2)[nH]c(=O)c(Sc2ccc(Br)cc2)c1O. The van der Waals surface area contributed by atoms with Gasteiger partial charge in [0, 0.05) is 27.2 Å². The number of aromatic nitrogens is 1. The van der Waals surface area contributed by atoms with Gasteiger partial charge in [0.15, 0.2) is 5.75 Å². The van der Waals surface area contributed by atoms with Crippen molar-refractivity contribution in [1.82, 2.24) is 4.98 Å². The Hall–Kier alpha value is -2.96. The number of hydrogen-bond donors (Lipinski definition) is 2. The van der Waals surface area contributed by atoms with Gasteiger partial charge < -0.3 is 15.0 Å². The second-order valence-corrected chi connectivity index (χ2v) is 9.36. The number of aromatic hydroxyl groups is 1. The molecule has 1 heterocycles. The molecule has 162 valence electrons. The molecule has 2 N–H and O–H groups in total. The Labute approximate surface area is 200 Å². The number of aryl methyl sites for hydroxylation is 1. The molecule has 0 aliphatic carbocycles. The van der Waals surface area contributed by atoms with Crippen molar-refractivity contribution in [3.63, 3.8) is 0 Å². The highest BCUT2D eigenvalue weighted by Crippen LogP contribution is 2.45. The molecule has 0 aliphatic rings. The molecular formula is C26H23BrN2O2S. The number of para-hydroxylation sites is 1. The molecule has 0 fully saturated rings.